The minimum absolute atomic E-state index is 0.0312. The van der Waals surface area contributed by atoms with Crippen molar-refractivity contribution in [2.45, 2.75) is 6.54 Å². The number of ether oxygens (including phenoxy) is 1. The Morgan fingerprint density at radius 3 is 3.05 bits per heavy atom. The molecule has 0 saturated carbocycles. The van der Waals surface area contributed by atoms with Crippen LogP contribution in [0.25, 0.3) is 0 Å². The van der Waals surface area contributed by atoms with E-state index in [9.17, 15) is 4.79 Å². The van der Waals surface area contributed by atoms with Crippen LogP contribution in [0.5, 0.6) is 5.75 Å². The summed E-state index contributed by atoms with van der Waals surface area (Å²) in [5, 5.41) is 0. The number of nitrogens with zero attached hydrogens (tertiary/aromatic N) is 2. The molecular weight excluding hydrogens is 336 g/mol. The van der Waals surface area contributed by atoms with Gasteiger partial charge in [-0.15, -0.1) is 0 Å². The SMILES string of the molecule is NNc1cccc(CN2C(=O)COc3ccc(Br)cc32)n1. The van der Waals surface area contributed by atoms with E-state index in [-0.39, 0.29) is 12.5 Å². The topological polar surface area (TPSA) is 80.5 Å². The molecule has 1 aliphatic heterocycles. The van der Waals surface area contributed by atoms with Gasteiger partial charge in [-0.25, -0.2) is 10.8 Å². The Morgan fingerprint density at radius 1 is 1.38 bits per heavy atom. The van der Waals surface area contributed by atoms with Crippen molar-refractivity contribution in [2.24, 2.45) is 5.84 Å². The standard InChI is InChI=1S/C14H13BrN4O2/c15-9-4-5-12-11(6-9)19(14(20)8-21-12)7-10-2-1-3-13(17-10)18-16/h1-6H,7-8,16H2,(H,17,18). The first kappa shape index (κ1) is 13.8. The summed E-state index contributed by atoms with van der Waals surface area (Å²) >= 11 is 3.41. The zero-order valence-corrected chi connectivity index (χ0v) is 12.6. The summed E-state index contributed by atoms with van der Waals surface area (Å²) in [4.78, 5) is 18.1. The van der Waals surface area contributed by atoms with Crippen molar-refractivity contribution >= 4 is 33.3 Å². The molecule has 108 valence electrons. The van der Waals surface area contributed by atoms with E-state index < -0.39 is 0 Å². The molecule has 1 amide bonds. The molecule has 0 aliphatic carbocycles. The van der Waals surface area contributed by atoms with Crippen molar-refractivity contribution in [1.82, 2.24) is 4.98 Å². The molecule has 0 unspecified atom stereocenters. The quantitative estimate of drug-likeness (QED) is 0.655. The lowest BCUT2D eigenvalue weighted by atomic mass is 10.2. The Bertz CT molecular complexity index is 692. The van der Waals surface area contributed by atoms with Crippen LogP contribution >= 0.6 is 15.9 Å². The fraction of sp³-hybridized carbons (Fsp3) is 0.143. The predicted molar refractivity (Wildman–Crippen MR) is 82.9 cm³/mol. The maximum atomic E-state index is 12.1. The zero-order valence-electron chi connectivity index (χ0n) is 11.0. The van der Waals surface area contributed by atoms with E-state index in [4.69, 9.17) is 10.6 Å². The summed E-state index contributed by atoms with van der Waals surface area (Å²) in [5.41, 5.74) is 3.97. The van der Waals surface area contributed by atoms with Gasteiger partial charge in [0.2, 0.25) is 0 Å². The van der Waals surface area contributed by atoms with Gasteiger partial charge in [-0.1, -0.05) is 22.0 Å². The highest BCUT2D eigenvalue weighted by Crippen LogP contribution is 2.35. The number of amides is 1. The maximum absolute atomic E-state index is 12.1. The molecule has 0 spiro atoms. The van der Waals surface area contributed by atoms with Gasteiger partial charge in [-0.2, -0.15) is 0 Å². The number of hydrogen-bond donors (Lipinski definition) is 2. The van der Waals surface area contributed by atoms with Crippen molar-refractivity contribution in [3.05, 3.63) is 46.6 Å². The Hall–Kier alpha value is -2.12. The monoisotopic (exact) mass is 348 g/mol. The normalized spacial score (nSPS) is 13.6. The first-order valence-electron chi connectivity index (χ1n) is 6.32. The molecule has 7 heteroatoms. The number of carbonyl (C=O) groups excluding carboxylic acids is 1. The number of benzene rings is 1. The van der Waals surface area contributed by atoms with Gasteiger partial charge >= 0.3 is 0 Å². The predicted octanol–water partition coefficient (Wildman–Crippen LogP) is 2.06. The molecular formula is C14H13BrN4O2. The molecule has 1 aliphatic rings. The fourth-order valence-electron chi connectivity index (χ4n) is 2.16. The average Bonchev–Trinajstić information content (AvgIpc) is 2.50. The Morgan fingerprint density at radius 2 is 2.24 bits per heavy atom. The smallest absolute Gasteiger partial charge is 0.265 e. The molecule has 3 N–H and O–H groups in total. The van der Waals surface area contributed by atoms with E-state index in [0.717, 1.165) is 15.9 Å². The third kappa shape index (κ3) is 2.84. The van der Waals surface area contributed by atoms with Crippen molar-refractivity contribution in [3.8, 4) is 5.75 Å². The molecule has 21 heavy (non-hydrogen) atoms. The largest absolute Gasteiger partial charge is 0.482 e. The van der Waals surface area contributed by atoms with Gasteiger partial charge < -0.3 is 10.2 Å². The van der Waals surface area contributed by atoms with Gasteiger partial charge in [0.1, 0.15) is 11.6 Å². The number of rotatable bonds is 3. The van der Waals surface area contributed by atoms with Crippen LogP contribution in [0.1, 0.15) is 5.69 Å². The van der Waals surface area contributed by atoms with Crippen LogP contribution in [-0.2, 0) is 11.3 Å². The maximum Gasteiger partial charge on any atom is 0.265 e. The summed E-state index contributed by atoms with van der Waals surface area (Å²) in [7, 11) is 0. The van der Waals surface area contributed by atoms with Gasteiger partial charge in [-0.05, 0) is 30.3 Å². The van der Waals surface area contributed by atoms with Crippen LogP contribution in [-0.4, -0.2) is 17.5 Å². The first-order valence-corrected chi connectivity index (χ1v) is 7.12. The van der Waals surface area contributed by atoms with Gasteiger partial charge in [0.15, 0.2) is 6.61 Å². The number of fused-ring (bicyclic) bond motifs is 1. The van der Waals surface area contributed by atoms with Crippen LogP contribution in [0.4, 0.5) is 11.5 Å². The van der Waals surface area contributed by atoms with Crippen LogP contribution in [0.2, 0.25) is 0 Å². The van der Waals surface area contributed by atoms with E-state index in [0.29, 0.717) is 18.1 Å². The number of nitrogens with one attached hydrogen (secondary N) is 1. The Labute approximate surface area is 130 Å². The minimum Gasteiger partial charge on any atom is -0.482 e. The molecule has 0 bridgehead atoms. The highest BCUT2D eigenvalue weighted by Gasteiger charge is 2.26. The first-order chi connectivity index (χ1) is 10.2. The Balaban J connectivity index is 1.94. The van der Waals surface area contributed by atoms with Gasteiger partial charge in [0.25, 0.3) is 5.91 Å². The molecule has 2 aromatic rings. The number of pyridine rings is 1. The number of carbonyl (C=O) groups is 1. The van der Waals surface area contributed by atoms with Crippen LogP contribution in [0.3, 0.4) is 0 Å². The lowest BCUT2D eigenvalue weighted by molar-refractivity contribution is -0.121. The number of hydrogen-bond acceptors (Lipinski definition) is 5. The van der Waals surface area contributed by atoms with Crippen molar-refractivity contribution < 1.29 is 9.53 Å². The van der Waals surface area contributed by atoms with Crippen LogP contribution < -0.4 is 20.9 Å². The third-order valence-electron chi connectivity index (χ3n) is 3.14. The number of nitrogens with two attached hydrogens (primary N) is 1. The molecule has 0 saturated heterocycles. The zero-order chi connectivity index (χ0) is 14.8. The average molecular weight is 349 g/mol. The van der Waals surface area contributed by atoms with Crippen LogP contribution in [0.15, 0.2) is 40.9 Å². The molecule has 2 heterocycles. The number of anilines is 2. The summed E-state index contributed by atoms with van der Waals surface area (Å²) < 4.78 is 6.32. The second-order valence-corrected chi connectivity index (χ2v) is 5.45. The molecule has 0 fully saturated rings. The van der Waals surface area contributed by atoms with Gasteiger partial charge in [-0.3, -0.25) is 9.69 Å². The molecule has 0 radical (unpaired) electrons. The number of nitrogen functional groups attached to an aromatic ring is 1. The molecule has 1 aromatic carbocycles. The summed E-state index contributed by atoms with van der Waals surface area (Å²) in [6, 6.07) is 11.0. The van der Waals surface area contributed by atoms with E-state index >= 15 is 0 Å². The second-order valence-electron chi connectivity index (χ2n) is 4.54. The van der Waals surface area contributed by atoms with Crippen LogP contribution in [0, 0.1) is 0 Å². The highest BCUT2D eigenvalue weighted by molar-refractivity contribution is 9.10. The van der Waals surface area contributed by atoms with Gasteiger partial charge in [0, 0.05) is 4.47 Å². The van der Waals surface area contributed by atoms with E-state index in [1.54, 1.807) is 11.0 Å². The number of hydrazine groups is 1. The molecule has 6 nitrogen and oxygen atoms in total. The van der Waals surface area contributed by atoms with Crippen molar-refractivity contribution in [3.63, 3.8) is 0 Å². The third-order valence-corrected chi connectivity index (χ3v) is 3.63. The minimum atomic E-state index is -0.103. The second kappa shape index (κ2) is 5.71. The number of halogens is 1. The highest BCUT2D eigenvalue weighted by atomic mass is 79.9. The number of aromatic nitrogens is 1. The van der Waals surface area contributed by atoms with Gasteiger partial charge in [0.05, 0.1) is 17.9 Å². The lowest BCUT2D eigenvalue weighted by Crippen LogP contribution is -2.38. The summed E-state index contributed by atoms with van der Waals surface area (Å²) in [6.45, 7) is 0.393. The lowest BCUT2D eigenvalue weighted by Gasteiger charge is -2.29. The van der Waals surface area contributed by atoms with E-state index in [2.05, 4.69) is 26.3 Å². The van der Waals surface area contributed by atoms with E-state index in [1.807, 2.05) is 30.3 Å². The molecule has 0 atom stereocenters. The van der Waals surface area contributed by atoms with E-state index in [1.165, 1.54) is 0 Å². The molecule has 1 aromatic heterocycles. The molecule has 3 rings (SSSR count). The van der Waals surface area contributed by atoms with Crippen molar-refractivity contribution in [2.75, 3.05) is 16.9 Å². The fourth-order valence-corrected chi connectivity index (χ4v) is 2.51. The summed E-state index contributed by atoms with van der Waals surface area (Å²) in [6.07, 6.45) is 0. The van der Waals surface area contributed by atoms with Crippen molar-refractivity contribution in [1.29, 1.82) is 0 Å². The summed E-state index contributed by atoms with van der Waals surface area (Å²) in [5.74, 6) is 6.50. The Kier molecular flexibility index (Phi) is 3.76.